The second-order valence-corrected chi connectivity index (χ2v) is 10.2. The van der Waals surface area contributed by atoms with E-state index in [1.54, 1.807) is 0 Å². The van der Waals surface area contributed by atoms with Crippen molar-refractivity contribution >= 4 is 53.2 Å². The Labute approximate surface area is 209 Å². The molecule has 13 heteroatoms. The Bertz CT molecular complexity index is 694. The van der Waals surface area contributed by atoms with Crippen LogP contribution in [-0.2, 0) is 24.0 Å². The molecule has 34 heavy (non-hydrogen) atoms. The standard InChI is InChI=1S/C21H38N4O7S2/c1-12(2)11-16(20(30)24-15(21(31)32)8-10-34-4)25-19(29)14(7-9-33-3)23-18(28)13(22)5-6-17(26)27/h12-16H,5-11,22H2,1-4H3,(H,23,28)(H,24,30)(H,25,29)(H,26,27)(H,31,32). The molecular weight excluding hydrogens is 484 g/mol. The third-order valence-electron chi connectivity index (χ3n) is 4.81. The molecule has 196 valence electrons. The van der Waals surface area contributed by atoms with Crippen molar-refractivity contribution < 1.29 is 34.2 Å². The van der Waals surface area contributed by atoms with Gasteiger partial charge in [0.2, 0.25) is 17.7 Å². The van der Waals surface area contributed by atoms with E-state index in [0.29, 0.717) is 11.5 Å². The largest absolute Gasteiger partial charge is 0.481 e. The Morgan fingerprint density at radius 2 is 1.24 bits per heavy atom. The fraction of sp³-hybridized carbons (Fsp3) is 0.762. The van der Waals surface area contributed by atoms with Crippen LogP contribution in [0.2, 0.25) is 0 Å². The van der Waals surface area contributed by atoms with Crippen LogP contribution in [0.15, 0.2) is 0 Å². The van der Waals surface area contributed by atoms with Gasteiger partial charge in [0, 0.05) is 6.42 Å². The summed E-state index contributed by atoms with van der Waals surface area (Å²) in [5.41, 5.74) is 5.75. The van der Waals surface area contributed by atoms with E-state index in [2.05, 4.69) is 16.0 Å². The van der Waals surface area contributed by atoms with Crippen molar-refractivity contribution in [1.29, 1.82) is 0 Å². The third-order valence-corrected chi connectivity index (χ3v) is 6.10. The molecule has 0 aliphatic carbocycles. The molecule has 0 aromatic rings. The average Bonchev–Trinajstić information content (AvgIpc) is 2.76. The molecule has 0 radical (unpaired) electrons. The number of carbonyl (C=O) groups excluding carboxylic acids is 3. The summed E-state index contributed by atoms with van der Waals surface area (Å²) in [6, 6.07) is -4.14. The minimum atomic E-state index is -1.16. The van der Waals surface area contributed by atoms with Gasteiger partial charge in [0.1, 0.15) is 18.1 Å². The SMILES string of the molecule is CSCCC(NC(=O)C(CC(C)C)NC(=O)C(CCSC)NC(=O)C(N)CCC(=O)O)C(=O)O. The van der Waals surface area contributed by atoms with Crippen molar-refractivity contribution in [2.24, 2.45) is 11.7 Å². The Kier molecular flexibility index (Phi) is 16.4. The predicted molar refractivity (Wildman–Crippen MR) is 134 cm³/mol. The van der Waals surface area contributed by atoms with E-state index in [0.717, 1.165) is 0 Å². The maximum absolute atomic E-state index is 13.0. The van der Waals surface area contributed by atoms with Crippen LogP contribution in [0.1, 0.15) is 46.0 Å². The lowest BCUT2D eigenvalue weighted by Crippen LogP contribution is -2.57. The Morgan fingerprint density at radius 1 is 0.765 bits per heavy atom. The maximum Gasteiger partial charge on any atom is 0.326 e. The highest BCUT2D eigenvalue weighted by molar-refractivity contribution is 7.98. The highest BCUT2D eigenvalue weighted by atomic mass is 32.2. The van der Waals surface area contributed by atoms with Crippen LogP contribution in [0.5, 0.6) is 0 Å². The predicted octanol–water partition coefficient (Wildman–Crippen LogP) is 0.270. The molecule has 0 saturated heterocycles. The summed E-state index contributed by atoms with van der Waals surface area (Å²) in [5, 5.41) is 25.9. The summed E-state index contributed by atoms with van der Waals surface area (Å²) < 4.78 is 0. The van der Waals surface area contributed by atoms with E-state index in [9.17, 15) is 29.1 Å². The van der Waals surface area contributed by atoms with Gasteiger partial charge in [0.05, 0.1) is 6.04 Å². The molecule has 0 rings (SSSR count). The summed E-state index contributed by atoms with van der Waals surface area (Å²) in [7, 11) is 0. The van der Waals surface area contributed by atoms with Gasteiger partial charge in [-0.15, -0.1) is 0 Å². The van der Waals surface area contributed by atoms with Crippen LogP contribution in [0, 0.1) is 5.92 Å². The first kappa shape index (κ1) is 32.0. The van der Waals surface area contributed by atoms with E-state index >= 15 is 0 Å². The molecule has 0 fully saturated rings. The van der Waals surface area contributed by atoms with Crippen molar-refractivity contribution in [3.8, 4) is 0 Å². The number of aliphatic carboxylic acids is 2. The smallest absolute Gasteiger partial charge is 0.326 e. The highest BCUT2D eigenvalue weighted by Crippen LogP contribution is 2.09. The quantitative estimate of drug-likeness (QED) is 0.146. The lowest BCUT2D eigenvalue weighted by molar-refractivity contribution is -0.142. The zero-order valence-electron chi connectivity index (χ0n) is 20.2. The number of nitrogens with one attached hydrogen (secondary N) is 3. The minimum Gasteiger partial charge on any atom is -0.481 e. The summed E-state index contributed by atoms with van der Waals surface area (Å²) >= 11 is 2.92. The van der Waals surface area contributed by atoms with Gasteiger partial charge >= 0.3 is 11.9 Å². The average molecular weight is 523 g/mol. The molecule has 3 amide bonds. The fourth-order valence-electron chi connectivity index (χ4n) is 2.93. The third kappa shape index (κ3) is 13.7. The van der Waals surface area contributed by atoms with Crippen LogP contribution in [0.3, 0.4) is 0 Å². The van der Waals surface area contributed by atoms with E-state index in [4.69, 9.17) is 10.8 Å². The number of carbonyl (C=O) groups is 5. The van der Waals surface area contributed by atoms with Crippen molar-refractivity contribution in [1.82, 2.24) is 16.0 Å². The first-order valence-electron chi connectivity index (χ1n) is 11.0. The van der Waals surface area contributed by atoms with Gasteiger partial charge in [0.25, 0.3) is 0 Å². The van der Waals surface area contributed by atoms with Gasteiger partial charge in [-0.1, -0.05) is 13.8 Å². The Morgan fingerprint density at radius 3 is 1.71 bits per heavy atom. The summed E-state index contributed by atoms with van der Waals surface area (Å²) in [4.78, 5) is 60.4. The first-order chi connectivity index (χ1) is 15.9. The topological polar surface area (TPSA) is 188 Å². The molecule has 0 saturated carbocycles. The van der Waals surface area contributed by atoms with Crippen LogP contribution in [0.25, 0.3) is 0 Å². The second kappa shape index (κ2) is 17.4. The molecule has 0 aromatic carbocycles. The van der Waals surface area contributed by atoms with Crippen LogP contribution >= 0.6 is 23.5 Å². The zero-order valence-corrected chi connectivity index (χ0v) is 21.8. The van der Waals surface area contributed by atoms with Crippen LogP contribution < -0.4 is 21.7 Å². The van der Waals surface area contributed by atoms with Gasteiger partial charge in [-0.3, -0.25) is 19.2 Å². The molecule has 0 aliphatic rings. The minimum absolute atomic E-state index is 0.0224. The van der Waals surface area contributed by atoms with Crippen molar-refractivity contribution in [2.45, 2.75) is 70.1 Å². The molecule has 7 N–H and O–H groups in total. The number of hydrogen-bond acceptors (Lipinski definition) is 8. The van der Waals surface area contributed by atoms with E-state index in [1.807, 2.05) is 26.4 Å². The van der Waals surface area contributed by atoms with Crippen LogP contribution in [0.4, 0.5) is 0 Å². The molecule has 0 aliphatic heterocycles. The number of carboxylic acids is 2. The molecule has 0 aromatic heterocycles. The Balaban J connectivity index is 5.40. The maximum atomic E-state index is 13.0. The lowest BCUT2D eigenvalue weighted by atomic mass is 10.0. The van der Waals surface area contributed by atoms with E-state index in [-0.39, 0.29) is 38.0 Å². The Hall–Kier alpha value is -1.99. The van der Waals surface area contributed by atoms with E-state index in [1.165, 1.54) is 23.5 Å². The van der Waals surface area contributed by atoms with Gasteiger partial charge in [0.15, 0.2) is 0 Å². The summed E-state index contributed by atoms with van der Waals surface area (Å²) in [6.45, 7) is 3.73. The lowest BCUT2D eigenvalue weighted by Gasteiger charge is -2.26. The molecule has 0 spiro atoms. The number of hydrogen-bond donors (Lipinski definition) is 6. The monoisotopic (exact) mass is 522 g/mol. The van der Waals surface area contributed by atoms with Gasteiger partial charge in [-0.2, -0.15) is 23.5 Å². The number of thioether (sulfide) groups is 2. The molecular formula is C21H38N4O7S2. The highest BCUT2D eigenvalue weighted by Gasteiger charge is 2.30. The molecule has 0 heterocycles. The number of rotatable bonds is 18. The van der Waals surface area contributed by atoms with E-state index < -0.39 is 53.8 Å². The van der Waals surface area contributed by atoms with Crippen molar-refractivity contribution in [2.75, 3.05) is 24.0 Å². The van der Waals surface area contributed by atoms with Gasteiger partial charge in [-0.05, 0) is 55.6 Å². The van der Waals surface area contributed by atoms with Crippen LogP contribution in [-0.4, -0.2) is 88.1 Å². The number of carboxylic acid groups (broad SMARTS) is 2. The van der Waals surface area contributed by atoms with Crippen molar-refractivity contribution in [3.63, 3.8) is 0 Å². The number of amides is 3. The van der Waals surface area contributed by atoms with Gasteiger partial charge in [-0.25, -0.2) is 4.79 Å². The summed E-state index contributed by atoms with van der Waals surface area (Å²) in [5.74, 6) is -2.99. The van der Waals surface area contributed by atoms with Crippen molar-refractivity contribution in [3.05, 3.63) is 0 Å². The number of nitrogens with two attached hydrogens (primary N) is 1. The zero-order chi connectivity index (χ0) is 26.3. The fourth-order valence-corrected chi connectivity index (χ4v) is 3.88. The second-order valence-electron chi connectivity index (χ2n) is 8.25. The summed E-state index contributed by atoms with van der Waals surface area (Å²) in [6.07, 6.45) is 4.09. The first-order valence-corrected chi connectivity index (χ1v) is 13.8. The normalized spacial score (nSPS) is 14.5. The molecule has 4 unspecified atom stereocenters. The van der Waals surface area contributed by atoms with Gasteiger partial charge < -0.3 is 31.9 Å². The molecule has 0 bridgehead atoms. The molecule has 4 atom stereocenters. The molecule has 11 nitrogen and oxygen atoms in total.